The maximum absolute atomic E-state index is 6.12. The van der Waals surface area contributed by atoms with Gasteiger partial charge in [-0.3, -0.25) is 0 Å². The molecule has 0 fully saturated rings. The number of rotatable bonds is 6. The molecule has 0 spiro atoms. The highest BCUT2D eigenvalue weighted by Crippen LogP contribution is 2.21. The van der Waals surface area contributed by atoms with E-state index in [4.69, 9.17) is 17.3 Å². The molecular formula is C14H17ClN2S. The van der Waals surface area contributed by atoms with E-state index < -0.39 is 0 Å². The van der Waals surface area contributed by atoms with Crippen LogP contribution in [0, 0.1) is 0 Å². The molecule has 1 aromatic carbocycles. The Morgan fingerprint density at radius 3 is 2.61 bits per heavy atom. The minimum Gasteiger partial charge on any atom is -0.324 e. The van der Waals surface area contributed by atoms with Crippen molar-refractivity contribution in [3.63, 3.8) is 0 Å². The van der Waals surface area contributed by atoms with Crippen molar-refractivity contribution >= 4 is 22.9 Å². The minimum atomic E-state index is 0.102. The molecule has 0 bridgehead atoms. The molecule has 0 aliphatic rings. The van der Waals surface area contributed by atoms with Crippen LogP contribution >= 0.6 is 22.9 Å². The Morgan fingerprint density at radius 1 is 1.17 bits per heavy atom. The van der Waals surface area contributed by atoms with Crippen molar-refractivity contribution in [3.05, 3.63) is 57.2 Å². The van der Waals surface area contributed by atoms with Crippen LogP contribution in [0.5, 0.6) is 0 Å². The fourth-order valence-electron chi connectivity index (χ4n) is 1.78. The highest BCUT2D eigenvalue weighted by Gasteiger charge is 2.04. The molecule has 0 amide bonds. The monoisotopic (exact) mass is 280 g/mol. The fraction of sp³-hybridized carbons (Fsp3) is 0.286. The molecule has 1 aromatic heterocycles. The number of hydrogen-bond donors (Lipinski definition) is 2. The first-order valence-corrected chi connectivity index (χ1v) is 7.20. The van der Waals surface area contributed by atoms with Crippen LogP contribution in [0.3, 0.4) is 0 Å². The Balaban J connectivity index is 1.69. The van der Waals surface area contributed by atoms with Crippen LogP contribution < -0.4 is 11.1 Å². The van der Waals surface area contributed by atoms with E-state index in [1.807, 2.05) is 24.3 Å². The molecule has 18 heavy (non-hydrogen) atoms. The molecule has 0 saturated carbocycles. The number of benzene rings is 1. The van der Waals surface area contributed by atoms with Crippen molar-refractivity contribution in [1.29, 1.82) is 0 Å². The average Bonchev–Trinajstić information content (AvgIpc) is 2.81. The third-order valence-corrected chi connectivity index (χ3v) is 4.02. The lowest BCUT2D eigenvalue weighted by atomic mass is 10.1. The van der Waals surface area contributed by atoms with Gasteiger partial charge in [-0.2, -0.15) is 0 Å². The molecule has 1 heterocycles. The van der Waals surface area contributed by atoms with E-state index in [0.29, 0.717) is 0 Å². The lowest BCUT2D eigenvalue weighted by Gasteiger charge is -2.12. The summed E-state index contributed by atoms with van der Waals surface area (Å²) in [6, 6.07) is 14.3. The Labute approximate surface area is 117 Å². The van der Waals surface area contributed by atoms with Gasteiger partial charge in [-0.15, -0.1) is 11.3 Å². The molecule has 0 radical (unpaired) electrons. The second-order valence-electron chi connectivity index (χ2n) is 4.19. The van der Waals surface area contributed by atoms with Crippen LogP contribution in [0.4, 0.5) is 0 Å². The normalized spacial score (nSPS) is 12.6. The van der Waals surface area contributed by atoms with Gasteiger partial charge in [-0.05, 0) is 30.7 Å². The van der Waals surface area contributed by atoms with Gasteiger partial charge in [0.05, 0.1) is 4.34 Å². The van der Waals surface area contributed by atoms with E-state index in [0.717, 1.165) is 23.8 Å². The van der Waals surface area contributed by atoms with Crippen LogP contribution in [0.2, 0.25) is 4.34 Å². The summed E-state index contributed by atoms with van der Waals surface area (Å²) >= 11 is 7.49. The van der Waals surface area contributed by atoms with Crippen molar-refractivity contribution in [2.45, 2.75) is 19.0 Å². The van der Waals surface area contributed by atoms with E-state index in [-0.39, 0.29) is 6.04 Å². The number of halogens is 1. The molecule has 1 unspecified atom stereocenters. The van der Waals surface area contributed by atoms with Gasteiger partial charge in [-0.25, -0.2) is 0 Å². The third-order valence-electron chi connectivity index (χ3n) is 2.79. The Bertz CT molecular complexity index is 470. The highest BCUT2D eigenvalue weighted by molar-refractivity contribution is 7.16. The lowest BCUT2D eigenvalue weighted by molar-refractivity contribution is 0.582. The van der Waals surface area contributed by atoms with Crippen LogP contribution in [-0.4, -0.2) is 6.54 Å². The topological polar surface area (TPSA) is 38.0 Å². The van der Waals surface area contributed by atoms with Gasteiger partial charge < -0.3 is 11.1 Å². The molecule has 0 aliphatic carbocycles. The fourth-order valence-corrected chi connectivity index (χ4v) is 2.84. The molecule has 4 heteroatoms. The summed E-state index contributed by atoms with van der Waals surface area (Å²) in [6.45, 7) is 1.77. The molecule has 2 nitrogen and oxygen atoms in total. The largest absolute Gasteiger partial charge is 0.324 e. The van der Waals surface area contributed by atoms with E-state index in [9.17, 15) is 0 Å². The van der Waals surface area contributed by atoms with Crippen LogP contribution in [0.1, 0.15) is 22.9 Å². The molecule has 1 atom stereocenters. The summed E-state index contributed by atoms with van der Waals surface area (Å²) in [5, 5.41) is 3.39. The van der Waals surface area contributed by atoms with E-state index >= 15 is 0 Å². The maximum Gasteiger partial charge on any atom is 0.0931 e. The first-order chi connectivity index (χ1) is 8.75. The van der Waals surface area contributed by atoms with Crippen molar-refractivity contribution in [3.8, 4) is 0 Å². The smallest absolute Gasteiger partial charge is 0.0931 e. The number of hydrogen-bond acceptors (Lipinski definition) is 3. The molecule has 3 N–H and O–H groups in total. The minimum absolute atomic E-state index is 0.102. The molecule has 0 saturated heterocycles. The van der Waals surface area contributed by atoms with Crippen LogP contribution in [-0.2, 0) is 6.54 Å². The summed E-state index contributed by atoms with van der Waals surface area (Å²) in [5.74, 6) is 0. The van der Waals surface area contributed by atoms with E-state index in [1.54, 1.807) is 11.3 Å². The second kappa shape index (κ2) is 6.90. The predicted molar refractivity (Wildman–Crippen MR) is 79.0 cm³/mol. The number of thiophene rings is 1. The van der Waals surface area contributed by atoms with Crippen molar-refractivity contribution < 1.29 is 0 Å². The summed E-state index contributed by atoms with van der Waals surface area (Å²) in [4.78, 5) is 1.26. The standard InChI is InChI=1S/C14H17ClN2S/c15-14-7-6-12(18-14)10-17-9-8-13(16)11-4-2-1-3-5-11/h1-7,13,17H,8-10,16H2. The summed E-state index contributed by atoms with van der Waals surface area (Å²) in [5.41, 5.74) is 7.31. The third kappa shape index (κ3) is 4.10. The van der Waals surface area contributed by atoms with Gasteiger partial charge in [0.25, 0.3) is 0 Å². The summed E-state index contributed by atoms with van der Waals surface area (Å²) in [7, 11) is 0. The Kier molecular flexibility index (Phi) is 5.20. The van der Waals surface area contributed by atoms with Gasteiger partial charge in [0.15, 0.2) is 0 Å². The van der Waals surface area contributed by atoms with Crippen molar-refractivity contribution in [2.24, 2.45) is 5.73 Å². The number of nitrogens with one attached hydrogen (secondary N) is 1. The lowest BCUT2D eigenvalue weighted by Crippen LogP contribution is -2.20. The Hall–Kier alpha value is -0.870. The zero-order valence-electron chi connectivity index (χ0n) is 10.1. The van der Waals surface area contributed by atoms with E-state index in [1.165, 1.54) is 10.4 Å². The zero-order chi connectivity index (χ0) is 12.8. The van der Waals surface area contributed by atoms with Gasteiger partial charge >= 0.3 is 0 Å². The van der Waals surface area contributed by atoms with Gasteiger partial charge in [0.2, 0.25) is 0 Å². The predicted octanol–water partition coefficient (Wildman–Crippen LogP) is 3.58. The average molecular weight is 281 g/mol. The molecule has 2 aromatic rings. The van der Waals surface area contributed by atoms with E-state index in [2.05, 4.69) is 23.5 Å². The van der Waals surface area contributed by atoms with Crippen LogP contribution in [0.25, 0.3) is 0 Å². The van der Waals surface area contributed by atoms with Crippen molar-refractivity contribution in [2.75, 3.05) is 6.54 Å². The number of nitrogens with two attached hydrogens (primary N) is 1. The first kappa shape index (κ1) is 13.6. The Morgan fingerprint density at radius 2 is 1.94 bits per heavy atom. The molecule has 96 valence electrons. The van der Waals surface area contributed by atoms with Crippen molar-refractivity contribution in [1.82, 2.24) is 5.32 Å². The molecular weight excluding hydrogens is 264 g/mol. The first-order valence-electron chi connectivity index (χ1n) is 6.01. The quantitative estimate of drug-likeness (QED) is 0.794. The second-order valence-corrected chi connectivity index (χ2v) is 5.99. The SMILES string of the molecule is NC(CCNCc1ccc(Cl)s1)c1ccccc1. The van der Waals surface area contributed by atoms with Gasteiger partial charge in [-0.1, -0.05) is 41.9 Å². The summed E-state index contributed by atoms with van der Waals surface area (Å²) in [6.07, 6.45) is 0.934. The summed E-state index contributed by atoms with van der Waals surface area (Å²) < 4.78 is 0.841. The zero-order valence-corrected chi connectivity index (χ0v) is 11.7. The van der Waals surface area contributed by atoms with Crippen LogP contribution in [0.15, 0.2) is 42.5 Å². The van der Waals surface area contributed by atoms with Gasteiger partial charge in [0, 0.05) is 17.5 Å². The molecule has 2 rings (SSSR count). The maximum atomic E-state index is 6.12. The molecule has 0 aliphatic heterocycles. The highest BCUT2D eigenvalue weighted by atomic mass is 35.5. The van der Waals surface area contributed by atoms with Gasteiger partial charge in [0.1, 0.15) is 0 Å².